The van der Waals surface area contributed by atoms with E-state index in [1.165, 1.54) is 0 Å². The first-order chi connectivity index (χ1) is 9.08. The molecule has 0 radical (unpaired) electrons. The van der Waals surface area contributed by atoms with E-state index in [4.69, 9.17) is 22.1 Å². The van der Waals surface area contributed by atoms with Crippen LogP contribution >= 0.6 is 11.6 Å². The molecule has 5 heteroatoms. The number of carbonyl (C=O) groups is 1. The molecular weight excluding hydrogens is 264 g/mol. The van der Waals surface area contributed by atoms with Crippen LogP contribution in [0, 0.1) is 0 Å². The van der Waals surface area contributed by atoms with E-state index in [2.05, 4.69) is 5.32 Å². The van der Waals surface area contributed by atoms with Crippen molar-refractivity contribution in [3.8, 4) is 0 Å². The summed E-state index contributed by atoms with van der Waals surface area (Å²) < 4.78 is 4.92. The molecule has 19 heavy (non-hydrogen) atoms. The van der Waals surface area contributed by atoms with Crippen molar-refractivity contribution in [2.75, 3.05) is 13.7 Å². The first kappa shape index (κ1) is 16.0. The molecule has 1 rings (SSSR count). The molecule has 1 aromatic rings. The van der Waals surface area contributed by atoms with Crippen molar-refractivity contribution in [2.45, 2.75) is 31.8 Å². The number of benzene rings is 1. The number of nitrogens with one attached hydrogen (secondary N) is 1. The summed E-state index contributed by atoms with van der Waals surface area (Å²) in [6.07, 6.45) is 1.31. The number of carbonyl (C=O) groups excluding carboxylic acids is 1. The van der Waals surface area contributed by atoms with Gasteiger partial charge in [0.25, 0.3) is 0 Å². The largest absolute Gasteiger partial charge is 0.385 e. The molecule has 1 amide bonds. The van der Waals surface area contributed by atoms with E-state index < -0.39 is 6.04 Å². The van der Waals surface area contributed by atoms with Crippen LogP contribution in [0.4, 0.5) is 0 Å². The van der Waals surface area contributed by atoms with E-state index in [1.54, 1.807) is 7.11 Å². The van der Waals surface area contributed by atoms with Crippen LogP contribution in [0.15, 0.2) is 24.3 Å². The number of ether oxygens (including phenoxy) is 1. The fraction of sp³-hybridized carbons (Fsp3) is 0.500. The minimum absolute atomic E-state index is 0.0432. The number of methoxy groups -OCH3 is 1. The van der Waals surface area contributed by atoms with Gasteiger partial charge in [0.15, 0.2) is 0 Å². The average Bonchev–Trinajstić information content (AvgIpc) is 2.42. The van der Waals surface area contributed by atoms with Crippen LogP contribution in [0.25, 0.3) is 0 Å². The second kappa shape index (κ2) is 8.15. The highest BCUT2D eigenvalue weighted by atomic mass is 35.5. The maximum Gasteiger partial charge on any atom is 0.237 e. The van der Waals surface area contributed by atoms with Crippen molar-refractivity contribution in [3.63, 3.8) is 0 Å². The summed E-state index contributed by atoms with van der Waals surface area (Å²) in [6, 6.07) is 6.88. The highest BCUT2D eigenvalue weighted by molar-refractivity contribution is 6.30. The van der Waals surface area contributed by atoms with E-state index in [-0.39, 0.29) is 11.9 Å². The molecule has 1 aromatic carbocycles. The molecule has 0 saturated heterocycles. The van der Waals surface area contributed by atoms with Crippen molar-refractivity contribution in [2.24, 2.45) is 5.73 Å². The molecule has 106 valence electrons. The third-order valence-electron chi connectivity index (χ3n) is 2.97. The Balaban J connectivity index is 2.61. The first-order valence-corrected chi connectivity index (χ1v) is 6.76. The van der Waals surface area contributed by atoms with Gasteiger partial charge in [-0.15, -0.1) is 0 Å². The number of nitrogens with two attached hydrogens (primary N) is 1. The topological polar surface area (TPSA) is 64.4 Å². The number of hydrogen-bond acceptors (Lipinski definition) is 3. The van der Waals surface area contributed by atoms with E-state index in [0.29, 0.717) is 18.1 Å². The van der Waals surface area contributed by atoms with Gasteiger partial charge in [0.1, 0.15) is 0 Å². The van der Waals surface area contributed by atoms with E-state index in [0.717, 1.165) is 12.0 Å². The zero-order valence-electron chi connectivity index (χ0n) is 11.4. The average molecular weight is 285 g/mol. The van der Waals surface area contributed by atoms with Gasteiger partial charge in [-0.25, -0.2) is 0 Å². The monoisotopic (exact) mass is 284 g/mol. The molecule has 3 N–H and O–H groups in total. The van der Waals surface area contributed by atoms with Gasteiger partial charge in [-0.05, 0) is 30.5 Å². The smallest absolute Gasteiger partial charge is 0.237 e. The fourth-order valence-electron chi connectivity index (χ4n) is 1.77. The van der Waals surface area contributed by atoms with Gasteiger partial charge in [-0.3, -0.25) is 4.79 Å². The van der Waals surface area contributed by atoms with Crippen LogP contribution in [-0.4, -0.2) is 25.7 Å². The van der Waals surface area contributed by atoms with Crippen molar-refractivity contribution in [3.05, 3.63) is 34.9 Å². The molecule has 0 aromatic heterocycles. The summed E-state index contributed by atoms with van der Waals surface area (Å²) in [6.45, 7) is 2.49. The summed E-state index contributed by atoms with van der Waals surface area (Å²) in [5.41, 5.74) is 6.82. The third kappa shape index (κ3) is 5.19. The summed E-state index contributed by atoms with van der Waals surface area (Å²) in [7, 11) is 1.59. The Kier molecular flexibility index (Phi) is 6.84. The maximum atomic E-state index is 11.9. The minimum atomic E-state index is -0.540. The van der Waals surface area contributed by atoms with Gasteiger partial charge in [-0.2, -0.15) is 0 Å². The van der Waals surface area contributed by atoms with E-state index in [1.807, 2.05) is 31.2 Å². The van der Waals surface area contributed by atoms with Crippen molar-refractivity contribution < 1.29 is 9.53 Å². The highest BCUT2D eigenvalue weighted by Crippen LogP contribution is 2.19. The lowest BCUT2D eigenvalue weighted by Crippen LogP contribution is -2.42. The highest BCUT2D eigenvalue weighted by Gasteiger charge is 2.17. The number of rotatable bonds is 7. The number of amides is 1. The van der Waals surface area contributed by atoms with Crippen LogP contribution in [0.3, 0.4) is 0 Å². The number of hydrogen-bond donors (Lipinski definition) is 2. The molecular formula is C14H21ClN2O2. The molecule has 0 aliphatic heterocycles. The van der Waals surface area contributed by atoms with Gasteiger partial charge < -0.3 is 15.8 Å². The van der Waals surface area contributed by atoms with Gasteiger partial charge in [-0.1, -0.05) is 30.7 Å². The lowest BCUT2D eigenvalue weighted by molar-refractivity contribution is -0.123. The Labute approximate surface area is 119 Å². The summed E-state index contributed by atoms with van der Waals surface area (Å²) in [5.74, 6) is -0.154. The van der Waals surface area contributed by atoms with E-state index in [9.17, 15) is 4.79 Å². The normalized spacial score (nSPS) is 13.9. The predicted octanol–water partition coefficient (Wildman–Crippen LogP) is 2.27. The summed E-state index contributed by atoms with van der Waals surface area (Å²) in [4.78, 5) is 11.9. The lowest BCUT2D eigenvalue weighted by Gasteiger charge is -2.20. The second-order valence-corrected chi connectivity index (χ2v) is 4.85. The molecule has 0 heterocycles. The molecule has 2 atom stereocenters. The molecule has 0 fully saturated rings. The van der Waals surface area contributed by atoms with Crippen LogP contribution in [-0.2, 0) is 9.53 Å². The molecule has 0 aliphatic rings. The zero-order chi connectivity index (χ0) is 14.3. The minimum Gasteiger partial charge on any atom is -0.385 e. The van der Waals surface area contributed by atoms with E-state index >= 15 is 0 Å². The Morgan fingerprint density at radius 3 is 2.58 bits per heavy atom. The SMILES string of the molecule is CCC(NC(=O)C(N)CCOC)c1ccc(Cl)cc1. The summed E-state index contributed by atoms with van der Waals surface area (Å²) >= 11 is 5.85. The third-order valence-corrected chi connectivity index (χ3v) is 3.22. The molecule has 0 bridgehead atoms. The first-order valence-electron chi connectivity index (χ1n) is 6.38. The van der Waals surface area contributed by atoms with Gasteiger partial charge in [0, 0.05) is 18.7 Å². The Bertz CT molecular complexity index is 395. The van der Waals surface area contributed by atoms with Gasteiger partial charge >= 0.3 is 0 Å². The van der Waals surface area contributed by atoms with Gasteiger partial charge in [0.2, 0.25) is 5.91 Å². The Hall–Kier alpha value is -1.10. The molecule has 0 spiro atoms. The molecule has 2 unspecified atom stereocenters. The van der Waals surface area contributed by atoms with Crippen LogP contribution in [0.5, 0.6) is 0 Å². The van der Waals surface area contributed by atoms with Crippen molar-refractivity contribution >= 4 is 17.5 Å². The summed E-state index contributed by atoms with van der Waals surface area (Å²) in [5, 5.41) is 3.63. The Morgan fingerprint density at radius 1 is 1.42 bits per heavy atom. The predicted molar refractivity (Wildman–Crippen MR) is 77.1 cm³/mol. The molecule has 0 saturated carbocycles. The van der Waals surface area contributed by atoms with Crippen LogP contribution in [0.2, 0.25) is 5.02 Å². The van der Waals surface area contributed by atoms with Crippen LogP contribution in [0.1, 0.15) is 31.4 Å². The number of halogens is 1. The van der Waals surface area contributed by atoms with Crippen molar-refractivity contribution in [1.82, 2.24) is 5.32 Å². The zero-order valence-corrected chi connectivity index (χ0v) is 12.1. The fourth-order valence-corrected chi connectivity index (χ4v) is 1.90. The Morgan fingerprint density at radius 2 is 2.05 bits per heavy atom. The molecule has 0 aliphatic carbocycles. The second-order valence-electron chi connectivity index (χ2n) is 4.41. The van der Waals surface area contributed by atoms with Gasteiger partial charge in [0.05, 0.1) is 12.1 Å². The maximum absolute atomic E-state index is 11.9. The quantitative estimate of drug-likeness (QED) is 0.807. The lowest BCUT2D eigenvalue weighted by atomic mass is 10.0. The van der Waals surface area contributed by atoms with Crippen LogP contribution < -0.4 is 11.1 Å². The standard InChI is InChI=1S/C14H21ClN2O2/c1-3-13(10-4-6-11(15)7-5-10)17-14(18)12(16)8-9-19-2/h4-7,12-13H,3,8-9,16H2,1-2H3,(H,17,18). The van der Waals surface area contributed by atoms with Crippen molar-refractivity contribution in [1.29, 1.82) is 0 Å². The molecule has 4 nitrogen and oxygen atoms in total.